The number of guanidine groups is 2. The number of rotatable bonds is 2. The highest BCUT2D eigenvalue weighted by Crippen LogP contribution is 2.03. The molecule has 1 fully saturated rings. The Morgan fingerprint density at radius 3 is 2.33 bits per heavy atom. The van der Waals surface area contributed by atoms with Gasteiger partial charge >= 0.3 is 0 Å². The summed E-state index contributed by atoms with van der Waals surface area (Å²) in [6.07, 6.45) is 1.17. The predicted octanol–water partition coefficient (Wildman–Crippen LogP) is -0.778. The normalized spacial score (nSPS) is 17.5. The molecule has 0 bridgehead atoms. The topological polar surface area (TPSA) is 94.7 Å². The summed E-state index contributed by atoms with van der Waals surface area (Å²) >= 11 is 0. The van der Waals surface area contributed by atoms with Crippen LogP contribution in [0.15, 0.2) is 4.99 Å². The lowest BCUT2D eigenvalue weighted by Gasteiger charge is -2.34. The molecule has 86 valence electrons. The van der Waals surface area contributed by atoms with Crippen molar-refractivity contribution in [1.29, 1.82) is 5.41 Å². The third-order valence-corrected chi connectivity index (χ3v) is 2.45. The first kappa shape index (κ1) is 11.8. The van der Waals surface area contributed by atoms with E-state index in [0.29, 0.717) is 0 Å². The molecule has 0 unspecified atom stereocenters. The molecule has 1 rings (SSSR count). The molecule has 6 heteroatoms. The molecule has 15 heavy (non-hydrogen) atoms. The zero-order valence-corrected chi connectivity index (χ0v) is 9.24. The second-order valence-corrected chi connectivity index (χ2v) is 3.69. The SMILES string of the molecule is CCCN1CCN(C(=N)N=C(N)N)CC1. The van der Waals surface area contributed by atoms with Gasteiger partial charge in [0, 0.05) is 26.2 Å². The molecular weight excluding hydrogens is 192 g/mol. The summed E-state index contributed by atoms with van der Waals surface area (Å²) in [5.74, 6) is 0.127. The summed E-state index contributed by atoms with van der Waals surface area (Å²) in [7, 11) is 0. The van der Waals surface area contributed by atoms with E-state index in [4.69, 9.17) is 16.9 Å². The van der Waals surface area contributed by atoms with E-state index in [2.05, 4.69) is 16.8 Å². The van der Waals surface area contributed by atoms with Crippen LogP contribution in [-0.4, -0.2) is 54.4 Å². The third-order valence-electron chi connectivity index (χ3n) is 2.45. The molecule has 0 aromatic heterocycles. The van der Waals surface area contributed by atoms with Crippen LogP contribution in [0.2, 0.25) is 0 Å². The second kappa shape index (κ2) is 5.55. The van der Waals surface area contributed by atoms with Crippen LogP contribution in [0.3, 0.4) is 0 Å². The fourth-order valence-corrected chi connectivity index (χ4v) is 1.69. The molecule has 1 saturated heterocycles. The van der Waals surface area contributed by atoms with Crippen LogP contribution < -0.4 is 11.5 Å². The van der Waals surface area contributed by atoms with Gasteiger partial charge in [0.05, 0.1) is 0 Å². The minimum atomic E-state index is -0.0454. The van der Waals surface area contributed by atoms with Crippen molar-refractivity contribution in [3.63, 3.8) is 0 Å². The molecule has 1 heterocycles. The van der Waals surface area contributed by atoms with Gasteiger partial charge < -0.3 is 16.4 Å². The maximum atomic E-state index is 7.64. The van der Waals surface area contributed by atoms with E-state index >= 15 is 0 Å². The van der Waals surface area contributed by atoms with E-state index in [1.165, 1.54) is 6.42 Å². The number of nitrogens with zero attached hydrogens (tertiary/aromatic N) is 3. The summed E-state index contributed by atoms with van der Waals surface area (Å²) in [6.45, 7) is 6.93. The maximum absolute atomic E-state index is 7.64. The lowest BCUT2D eigenvalue weighted by atomic mass is 10.3. The fourth-order valence-electron chi connectivity index (χ4n) is 1.69. The summed E-state index contributed by atoms with van der Waals surface area (Å²) in [5.41, 5.74) is 10.4. The van der Waals surface area contributed by atoms with Gasteiger partial charge in [-0.05, 0) is 13.0 Å². The van der Waals surface area contributed by atoms with Crippen LogP contribution in [0.5, 0.6) is 0 Å². The molecule has 0 aromatic carbocycles. The van der Waals surface area contributed by atoms with Crippen molar-refractivity contribution in [2.24, 2.45) is 16.5 Å². The molecular formula is C9H20N6. The van der Waals surface area contributed by atoms with Crippen molar-refractivity contribution in [2.45, 2.75) is 13.3 Å². The highest BCUT2D eigenvalue weighted by atomic mass is 15.3. The van der Waals surface area contributed by atoms with Crippen LogP contribution in [-0.2, 0) is 0 Å². The van der Waals surface area contributed by atoms with E-state index < -0.39 is 0 Å². The molecule has 0 aromatic rings. The number of hydrogen-bond donors (Lipinski definition) is 3. The second-order valence-electron chi connectivity index (χ2n) is 3.69. The number of nitrogens with one attached hydrogen (secondary N) is 1. The van der Waals surface area contributed by atoms with E-state index in [-0.39, 0.29) is 11.9 Å². The standard InChI is InChI=1S/C9H20N6/c1-2-3-14-4-6-15(7-5-14)9(12)13-8(10)11/h2-7H2,1H3,(H5,10,11,12,13). The van der Waals surface area contributed by atoms with Crippen LogP contribution in [0, 0.1) is 5.41 Å². The fraction of sp³-hybridized carbons (Fsp3) is 0.778. The van der Waals surface area contributed by atoms with Gasteiger partial charge in [0.25, 0.3) is 0 Å². The van der Waals surface area contributed by atoms with Gasteiger partial charge in [-0.25, -0.2) is 0 Å². The van der Waals surface area contributed by atoms with Gasteiger partial charge in [-0.15, -0.1) is 0 Å². The summed E-state index contributed by atoms with van der Waals surface area (Å²) in [6, 6.07) is 0. The predicted molar refractivity (Wildman–Crippen MR) is 61.8 cm³/mol. The van der Waals surface area contributed by atoms with Crippen molar-refractivity contribution in [3.05, 3.63) is 0 Å². The summed E-state index contributed by atoms with van der Waals surface area (Å²) in [5, 5.41) is 7.64. The molecule has 0 saturated carbocycles. The van der Waals surface area contributed by atoms with Crippen molar-refractivity contribution in [2.75, 3.05) is 32.7 Å². The Hall–Kier alpha value is -1.30. The van der Waals surface area contributed by atoms with Crippen molar-refractivity contribution in [3.8, 4) is 0 Å². The Bertz CT molecular complexity index is 237. The molecule has 0 aliphatic carbocycles. The van der Waals surface area contributed by atoms with E-state index in [0.717, 1.165) is 32.7 Å². The Morgan fingerprint density at radius 1 is 1.27 bits per heavy atom. The molecule has 0 spiro atoms. The Labute approximate surface area is 90.4 Å². The maximum Gasteiger partial charge on any atom is 0.221 e. The average Bonchev–Trinajstić information content (AvgIpc) is 2.18. The molecule has 0 amide bonds. The number of hydrogen-bond acceptors (Lipinski definition) is 2. The van der Waals surface area contributed by atoms with Gasteiger partial charge in [-0.2, -0.15) is 4.99 Å². The first-order chi connectivity index (χ1) is 7.13. The van der Waals surface area contributed by atoms with E-state index in [1.54, 1.807) is 0 Å². The molecule has 5 N–H and O–H groups in total. The van der Waals surface area contributed by atoms with Gasteiger partial charge in [-0.3, -0.25) is 10.3 Å². The molecule has 0 atom stereocenters. The Kier molecular flexibility index (Phi) is 4.36. The minimum absolute atomic E-state index is 0.0454. The molecule has 1 aliphatic rings. The Morgan fingerprint density at radius 2 is 1.87 bits per heavy atom. The highest BCUT2D eigenvalue weighted by molar-refractivity contribution is 5.91. The average molecular weight is 212 g/mol. The monoisotopic (exact) mass is 212 g/mol. The van der Waals surface area contributed by atoms with Gasteiger partial charge in [0.2, 0.25) is 5.96 Å². The number of aliphatic imine (C=N–C) groups is 1. The van der Waals surface area contributed by atoms with Crippen molar-refractivity contribution >= 4 is 11.9 Å². The third kappa shape index (κ3) is 3.75. The first-order valence-corrected chi connectivity index (χ1v) is 5.29. The van der Waals surface area contributed by atoms with Crippen LogP contribution in [0.4, 0.5) is 0 Å². The molecule has 0 radical (unpaired) electrons. The van der Waals surface area contributed by atoms with Gasteiger partial charge in [-0.1, -0.05) is 6.92 Å². The highest BCUT2D eigenvalue weighted by Gasteiger charge is 2.17. The van der Waals surface area contributed by atoms with Gasteiger partial charge in [0.1, 0.15) is 0 Å². The van der Waals surface area contributed by atoms with Crippen LogP contribution in [0.25, 0.3) is 0 Å². The smallest absolute Gasteiger partial charge is 0.221 e. The number of piperazine rings is 1. The lowest BCUT2D eigenvalue weighted by Crippen LogP contribution is -2.48. The summed E-state index contributed by atoms with van der Waals surface area (Å²) in [4.78, 5) is 8.02. The first-order valence-electron chi connectivity index (χ1n) is 5.29. The molecule has 1 aliphatic heterocycles. The van der Waals surface area contributed by atoms with E-state index in [9.17, 15) is 0 Å². The van der Waals surface area contributed by atoms with Gasteiger partial charge in [0.15, 0.2) is 5.96 Å². The van der Waals surface area contributed by atoms with E-state index in [1.807, 2.05) is 4.90 Å². The van der Waals surface area contributed by atoms with Crippen LogP contribution >= 0.6 is 0 Å². The lowest BCUT2D eigenvalue weighted by molar-refractivity contribution is 0.181. The minimum Gasteiger partial charge on any atom is -0.370 e. The molecule has 6 nitrogen and oxygen atoms in total. The zero-order valence-electron chi connectivity index (χ0n) is 9.24. The number of nitrogens with two attached hydrogens (primary N) is 2. The van der Waals surface area contributed by atoms with Crippen LogP contribution in [0.1, 0.15) is 13.3 Å². The Balaban J connectivity index is 2.37. The quantitative estimate of drug-likeness (QED) is 0.413. The van der Waals surface area contributed by atoms with Crippen molar-refractivity contribution < 1.29 is 0 Å². The zero-order chi connectivity index (χ0) is 11.3. The summed E-state index contributed by atoms with van der Waals surface area (Å²) < 4.78 is 0. The van der Waals surface area contributed by atoms with Crippen molar-refractivity contribution in [1.82, 2.24) is 9.80 Å². The largest absolute Gasteiger partial charge is 0.370 e.